The van der Waals surface area contributed by atoms with Gasteiger partial charge in [0.05, 0.1) is 19.3 Å². The van der Waals surface area contributed by atoms with Crippen LogP contribution < -0.4 is 14.2 Å². The molecule has 0 amide bonds. The van der Waals surface area contributed by atoms with E-state index in [1.54, 1.807) is 0 Å². The third kappa shape index (κ3) is 6.04. The molecule has 0 radical (unpaired) electrons. The highest BCUT2D eigenvalue weighted by Gasteiger charge is 2.46. The van der Waals surface area contributed by atoms with Crippen LogP contribution in [0.1, 0.15) is 17.2 Å². The first kappa shape index (κ1) is 31.4. The molecule has 16 nitrogen and oxygen atoms in total. The molecule has 12 atom stereocenters. The minimum Gasteiger partial charge on any atom is -0.508 e. The largest absolute Gasteiger partial charge is 0.508 e. The third-order valence-electron chi connectivity index (χ3n) is 7.66. The first-order chi connectivity index (χ1) is 20.4. The second-order valence-corrected chi connectivity index (χ2v) is 10.6. The van der Waals surface area contributed by atoms with Gasteiger partial charge in [-0.15, -0.1) is 0 Å². The summed E-state index contributed by atoms with van der Waals surface area (Å²) in [4.78, 5) is 0. The zero-order valence-corrected chi connectivity index (χ0v) is 22.4. The van der Waals surface area contributed by atoms with Crippen molar-refractivity contribution in [3.05, 3.63) is 41.5 Å². The summed E-state index contributed by atoms with van der Waals surface area (Å²) in [6, 6.07) is 6.37. The molecule has 0 bridgehead atoms. The van der Waals surface area contributed by atoms with Crippen LogP contribution in [0, 0.1) is 0 Å². The summed E-state index contributed by atoms with van der Waals surface area (Å²) in [5.74, 6) is -0.955. The fourth-order valence-corrected chi connectivity index (χ4v) is 5.23. The molecule has 2 fully saturated rings. The van der Waals surface area contributed by atoms with Crippen molar-refractivity contribution < 1.29 is 79.9 Å². The lowest BCUT2D eigenvalue weighted by atomic mass is 9.93. The maximum absolute atomic E-state index is 11.0. The van der Waals surface area contributed by atoms with Gasteiger partial charge in [0, 0.05) is 24.1 Å². The predicted octanol–water partition coefficient (Wildman–Crippen LogP) is -3.51. The quantitative estimate of drug-likeness (QED) is 0.144. The minimum absolute atomic E-state index is 0.0667. The summed E-state index contributed by atoms with van der Waals surface area (Å²) in [6.45, 7) is -1.34. The van der Waals surface area contributed by atoms with Crippen molar-refractivity contribution in [2.75, 3.05) is 13.2 Å². The summed E-state index contributed by atoms with van der Waals surface area (Å²) >= 11 is 0. The number of aliphatic hydroxyl groups is 9. The van der Waals surface area contributed by atoms with E-state index in [-0.39, 0.29) is 40.5 Å². The molecule has 43 heavy (non-hydrogen) atoms. The van der Waals surface area contributed by atoms with Gasteiger partial charge >= 0.3 is 0 Å². The number of benzene rings is 2. The van der Waals surface area contributed by atoms with Crippen molar-refractivity contribution in [1.29, 1.82) is 0 Å². The molecule has 2 aromatic carbocycles. The lowest BCUT2D eigenvalue weighted by Gasteiger charge is -2.40. The molecule has 0 unspecified atom stereocenters. The number of aromatic hydroxyl groups is 2. The molecule has 0 saturated carbocycles. The maximum Gasteiger partial charge on any atom is 0.229 e. The van der Waals surface area contributed by atoms with Crippen LogP contribution in [0.5, 0.6) is 28.7 Å². The molecular formula is C27H34O16. The second kappa shape index (κ2) is 12.5. The highest BCUT2D eigenvalue weighted by molar-refractivity contribution is 5.53. The van der Waals surface area contributed by atoms with Crippen LogP contribution in [-0.2, 0) is 15.9 Å². The van der Waals surface area contributed by atoms with Crippen LogP contribution in [0.2, 0.25) is 0 Å². The Morgan fingerprint density at radius 1 is 0.674 bits per heavy atom. The van der Waals surface area contributed by atoms with E-state index in [0.717, 1.165) is 0 Å². The Labute approximate surface area is 243 Å². The Kier molecular flexibility index (Phi) is 9.17. The van der Waals surface area contributed by atoms with Crippen LogP contribution in [0.15, 0.2) is 30.3 Å². The van der Waals surface area contributed by atoms with Gasteiger partial charge in [-0.05, 0) is 17.7 Å². The van der Waals surface area contributed by atoms with Crippen LogP contribution in [0.25, 0.3) is 0 Å². The van der Waals surface area contributed by atoms with Crippen LogP contribution in [0.3, 0.4) is 0 Å². The first-order valence-electron chi connectivity index (χ1n) is 13.4. The van der Waals surface area contributed by atoms with Crippen molar-refractivity contribution in [2.24, 2.45) is 0 Å². The maximum atomic E-state index is 11.0. The van der Waals surface area contributed by atoms with E-state index < -0.39 is 92.6 Å². The Balaban J connectivity index is 1.33. The fourth-order valence-electron chi connectivity index (χ4n) is 5.23. The van der Waals surface area contributed by atoms with Crippen molar-refractivity contribution in [3.63, 3.8) is 0 Å². The standard InChI is InChI=1S/C27H34O16/c28-7-17-19(33)21(35)23(37)26(42-17)40-14-2-1-9(3-12(14)31)25-13(32)6-11-15(39-25)4-10(30)5-16(11)41-27-24(38)22(36)20(34)18(8-29)43-27/h1-5,13,17-38H,6-8H2/t13-,17+,18-,19+,20+,21-,22-,23+,24-,25+,26+,27+/m0/s1. The number of aliphatic hydroxyl groups excluding tert-OH is 9. The molecule has 238 valence electrons. The minimum atomic E-state index is -1.72. The Hall–Kier alpha value is -3.00. The van der Waals surface area contributed by atoms with E-state index in [9.17, 15) is 56.2 Å². The molecule has 5 rings (SSSR count). The summed E-state index contributed by atoms with van der Waals surface area (Å²) < 4.78 is 27.8. The number of rotatable bonds is 7. The molecule has 11 N–H and O–H groups in total. The molecule has 0 spiro atoms. The van der Waals surface area contributed by atoms with Gasteiger partial charge in [-0.1, -0.05) is 6.07 Å². The van der Waals surface area contributed by atoms with Gasteiger partial charge in [0.2, 0.25) is 12.6 Å². The molecule has 2 aromatic rings. The van der Waals surface area contributed by atoms with Crippen molar-refractivity contribution in [2.45, 2.75) is 80.0 Å². The topological polar surface area (TPSA) is 269 Å². The molecule has 0 aliphatic carbocycles. The van der Waals surface area contributed by atoms with Crippen LogP contribution in [-0.4, -0.2) is 137 Å². The van der Waals surface area contributed by atoms with Crippen LogP contribution in [0.4, 0.5) is 0 Å². The van der Waals surface area contributed by atoms with Gasteiger partial charge < -0.3 is 79.9 Å². The molecule has 3 heterocycles. The number of phenols is 2. The SMILES string of the molecule is OC[C@@H]1O[C@@H](Oc2cc(O)cc3c2C[C@H](O)[C@@H](c2ccc(O[C@@H]4O[C@H](CO)[C@@H](O)[C@H](O)[C@H]4O)c(O)c2)O3)[C@@H](O)[C@@H](O)[C@@H]1O. The molecule has 0 aromatic heterocycles. The molecular weight excluding hydrogens is 580 g/mol. The lowest BCUT2D eigenvalue weighted by Crippen LogP contribution is -2.60. The zero-order valence-electron chi connectivity index (χ0n) is 22.4. The highest BCUT2D eigenvalue weighted by Crippen LogP contribution is 2.44. The van der Waals surface area contributed by atoms with Gasteiger partial charge in [-0.25, -0.2) is 0 Å². The molecule has 3 aliphatic rings. The zero-order chi connectivity index (χ0) is 31.2. The highest BCUT2D eigenvalue weighted by atomic mass is 16.7. The van der Waals surface area contributed by atoms with Crippen molar-refractivity contribution in [3.8, 4) is 28.7 Å². The predicted molar refractivity (Wildman–Crippen MR) is 138 cm³/mol. The van der Waals surface area contributed by atoms with Gasteiger partial charge in [0.15, 0.2) is 11.5 Å². The van der Waals surface area contributed by atoms with E-state index in [2.05, 4.69) is 0 Å². The van der Waals surface area contributed by atoms with E-state index in [1.807, 2.05) is 0 Å². The van der Waals surface area contributed by atoms with Gasteiger partial charge in [-0.2, -0.15) is 0 Å². The van der Waals surface area contributed by atoms with Crippen LogP contribution >= 0.6 is 0 Å². The van der Waals surface area contributed by atoms with E-state index in [0.29, 0.717) is 0 Å². The van der Waals surface area contributed by atoms with Gasteiger partial charge in [-0.3, -0.25) is 0 Å². The first-order valence-corrected chi connectivity index (χ1v) is 13.4. The van der Waals surface area contributed by atoms with E-state index in [4.69, 9.17) is 23.7 Å². The van der Waals surface area contributed by atoms with E-state index >= 15 is 0 Å². The van der Waals surface area contributed by atoms with E-state index in [1.165, 1.54) is 30.3 Å². The Bertz CT molecular complexity index is 1270. The number of ether oxygens (including phenoxy) is 5. The Morgan fingerprint density at radius 2 is 1.23 bits per heavy atom. The summed E-state index contributed by atoms with van der Waals surface area (Å²) in [5, 5.41) is 111. The summed E-state index contributed by atoms with van der Waals surface area (Å²) in [5.41, 5.74) is 0.543. The Morgan fingerprint density at radius 3 is 1.77 bits per heavy atom. The average Bonchev–Trinajstić information content (AvgIpc) is 2.98. The smallest absolute Gasteiger partial charge is 0.229 e. The van der Waals surface area contributed by atoms with Crippen molar-refractivity contribution >= 4 is 0 Å². The van der Waals surface area contributed by atoms with Crippen molar-refractivity contribution in [1.82, 2.24) is 0 Å². The number of hydrogen-bond acceptors (Lipinski definition) is 16. The third-order valence-corrected chi connectivity index (χ3v) is 7.66. The number of phenolic OH excluding ortho intramolecular Hbond substituents is 2. The summed E-state index contributed by atoms with van der Waals surface area (Å²) in [6.07, 6.45) is -17.9. The molecule has 3 aliphatic heterocycles. The average molecular weight is 615 g/mol. The summed E-state index contributed by atoms with van der Waals surface area (Å²) in [7, 11) is 0. The lowest BCUT2D eigenvalue weighted by molar-refractivity contribution is -0.277. The second-order valence-electron chi connectivity index (χ2n) is 10.6. The van der Waals surface area contributed by atoms with Gasteiger partial charge in [0.25, 0.3) is 0 Å². The van der Waals surface area contributed by atoms with Gasteiger partial charge in [0.1, 0.15) is 72.2 Å². The molecule has 16 heteroatoms. The number of fused-ring (bicyclic) bond motifs is 1. The normalized spacial score (nSPS) is 37.7. The monoisotopic (exact) mass is 614 g/mol. The molecule has 2 saturated heterocycles. The number of hydrogen-bond donors (Lipinski definition) is 11. The fraction of sp³-hybridized carbons (Fsp3) is 0.556.